The van der Waals surface area contributed by atoms with E-state index in [2.05, 4.69) is 26.8 Å². The fourth-order valence-electron chi connectivity index (χ4n) is 6.11. The van der Waals surface area contributed by atoms with Gasteiger partial charge < -0.3 is 14.2 Å². The molecule has 2 aliphatic heterocycles. The third-order valence-electron chi connectivity index (χ3n) is 7.75. The first-order valence-corrected chi connectivity index (χ1v) is 10.6. The lowest BCUT2D eigenvalue weighted by Gasteiger charge is -2.63. The zero-order valence-electron chi connectivity index (χ0n) is 17.3. The fourth-order valence-corrected chi connectivity index (χ4v) is 6.11. The van der Waals surface area contributed by atoms with Gasteiger partial charge in [-0.1, -0.05) is 50.2 Å². The Balaban J connectivity index is 1.44. The van der Waals surface area contributed by atoms with Gasteiger partial charge in [0.05, 0.1) is 24.9 Å². The number of hydrogen-bond donors (Lipinski definition) is 0. The standard InChI is InChI=1S/C25H28O4/c1-16-13-24(3)21-17(2)25(16,15-28-23(26)18-9-5-4-6-10-18)14-27-22(21)19-11-7-8-12-20(19)29-24/h4-12,16-17,21-22H,13-15H2,1-3H3. The Morgan fingerprint density at radius 1 is 1.10 bits per heavy atom. The summed E-state index contributed by atoms with van der Waals surface area (Å²) in [5.41, 5.74) is 1.27. The van der Waals surface area contributed by atoms with E-state index in [0.29, 0.717) is 30.6 Å². The quantitative estimate of drug-likeness (QED) is 0.686. The van der Waals surface area contributed by atoms with E-state index in [4.69, 9.17) is 14.2 Å². The van der Waals surface area contributed by atoms with Gasteiger partial charge in [0.1, 0.15) is 11.4 Å². The van der Waals surface area contributed by atoms with Crippen LogP contribution in [0.15, 0.2) is 54.6 Å². The number of fused-ring (bicyclic) bond motifs is 3. The van der Waals surface area contributed by atoms with Crippen molar-refractivity contribution in [3.05, 3.63) is 65.7 Å². The van der Waals surface area contributed by atoms with Crippen LogP contribution < -0.4 is 4.74 Å². The number of benzene rings is 2. The van der Waals surface area contributed by atoms with Gasteiger partial charge in [0.25, 0.3) is 0 Å². The minimum absolute atomic E-state index is 0.0328. The molecule has 5 rings (SSSR count). The van der Waals surface area contributed by atoms with Crippen LogP contribution in [0.5, 0.6) is 5.75 Å². The molecule has 2 bridgehead atoms. The smallest absolute Gasteiger partial charge is 0.338 e. The normalized spacial score (nSPS) is 37.2. The highest BCUT2D eigenvalue weighted by Crippen LogP contribution is 2.63. The number of rotatable bonds is 3. The summed E-state index contributed by atoms with van der Waals surface area (Å²) in [6.45, 7) is 7.75. The SMILES string of the molecule is CC1CC2(C)Oc3ccccc3C3OCC1(COC(=O)c1ccccc1)C(C)C32. The molecular formula is C25H28O4. The zero-order chi connectivity index (χ0) is 20.2. The van der Waals surface area contributed by atoms with Crippen LogP contribution in [0, 0.1) is 23.2 Å². The van der Waals surface area contributed by atoms with Crippen LogP contribution in [0.25, 0.3) is 0 Å². The minimum Gasteiger partial charge on any atom is -0.487 e. The first-order chi connectivity index (χ1) is 13.9. The van der Waals surface area contributed by atoms with Crippen LogP contribution in [0.4, 0.5) is 0 Å². The Hall–Kier alpha value is -2.33. The molecule has 1 aliphatic carbocycles. The van der Waals surface area contributed by atoms with Crippen LogP contribution in [-0.4, -0.2) is 24.8 Å². The Morgan fingerprint density at radius 2 is 1.83 bits per heavy atom. The lowest BCUT2D eigenvalue weighted by molar-refractivity contribution is -0.259. The molecule has 2 fully saturated rings. The van der Waals surface area contributed by atoms with Crippen molar-refractivity contribution in [2.24, 2.45) is 23.2 Å². The van der Waals surface area contributed by atoms with Gasteiger partial charge in [-0.3, -0.25) is 0 Å². The number of carbonyl (C=O) groups is 1. The molecule has 4 nitrogen and oxygen atoms in total. The van der Waals surface area contributed by atoms with Gasteiger partial charge in [0.2, 0.25) is 0 Å². The summed E-state index contributed by atoms with van der Waals surface area (Å²) in [6.07, 6.45) is 0.962. The van der Waals surface area contributed by atoms with Crippen molar-refractivity contribution < 1.29 is 19.0 Å². The van der Waals surface area contributed by atoms with E-state index >= 15 is 0 Å². The van der Waals surface area contributed by atoms with Gasteiger partial charge in [0.15, 0.2) is 0 Å². The van der Waals surface area contributed by atoms with E-state index in [1.807, 2.05) is 36.4 Å². The van der Waals surface area contributed by atoms with E-state index < -0.39 is 0 Å². The monoisotopic (exact) mass is 392 g/mol. The molecule has 1 saturated heterocycles. The van der Waals surface area contributed by atoms with E-state index in [1.54, 1.807) is 12.1 Å². The van der Waals surface area contributed by atoms with E-state index in [1.165, 1.54) is 0 Å². The van der Waals surface area contributed by atoms with Crippen molar-refractivity contribution in [3.63, 3.8) is 0 Å². The van der Waals surface area contributed by atoms with Gasteiger partial charge in [-0.25, -0.2) is 4.79 Å². The molecule has 2 aromatic rings. The molecule has 152 valence electrons. The lowest BCUT2D eigenvalue weighted by atomic mass is 9.50. The predicted octanol–water partition coefficient (Wildman–Crippen LogP) is 5.04. The van der Waals surface area contributed by atoms with E-state index in [-0.39, 0.29) is 29.0 Å². The van der Waals surface area contributed by atoms with E-state index in [0.717, 1.165) is 17.7 Å². The molecule has 0 amide bonds. The molecule has 3 aliphatic rings. The molecule has 0 aromatic heterocycles. The summed E-state index contributed by atoms with van der Waals surface area (Å²) in [4.78, 5) is 12.6. The third kappa shape index (κ3) is 2.72. The Bertz CT molecular complexity index is 925. The Labute approximate surface area is 172 Å². The van der Waals surface area contributed by atoms with Crippen molar-refractivity contribution >= 4 is 5.97 Å². The van der Waals surface area contributed by atoms with Crippen LogP contribution in [0.3, 0.4) is 0 Å². The van der Waals surface area contributed by atoms with Crippen molar-refractivity contribution in [2.75, 3.05) is 13.2 Å². The average molecular weight is 392 g/mol. The van der Waals surface area contributed by atoms with Crippen LogP contribution in [0.2, 0.25) is 0 Å². The van der Waals surface area contributed by atoms with Gasteiger partial charge in [-0.15, -0.1) is 0 Å². The minimum atomic E-state index is -0.273. The first-order valence-electron chi connectivity index (χ1n) is 10.6. The summed E-state index contributed by atoms with van der Waals surface area (Å²) in [7, 11) is 0. The molecule has 6 unspecified atom stereocenters. The fraction of sp³-hybridized carbons (Fsp3) is 0.480. The van der Waals surface area contributed by atoms with Crippen molar-refractivity contribution in [1.29, 1.82) is 0 Å². The summed E-state index contributed by atoms with van der Waals surface area (Å²) in [5.74, 6) is 1.54. The molecule has 29 heavy (non-hydrogen) atoms. The summed E-state index contributed by atoms with van der Waals surface area (Å²) < 4.78 is 18.9. The second kappa shape index (κ2) is 6.60. The summed E-state index contributed by atoms with van der Waals surface area (Å²) >= 11 is 0. The molecular weight excluding hydrogens is 364 g/mol. The zero-order valence-corrected chi connectivity index (χ0v) is 17.3. The predicted molar refractivity (Wildman–Crippen MR) is 110 cm³/mol. The summed E-state index contributed by atoms with van der Waals surface area (Å²) in [5, 5.41) is 0. The van der Waals surface area contributed by atoms with Crippen LogP contribution in [0.1, 0.15) is 49.2 Å². The lowest BCUT2D eigenvalue weighted by Crippen LogP contribution is -2.66. The number of hydrogen-bond acceptors (Lipinski definition) is 4. The summed E-state index contributed by atoms with van der Waals surface area (Å²) in [6, 6.07) is 17.4. The maximum atomic E-state index is 12.6. The molecule has 0 spiro atoms. The van der Waals surface area contributed by atoms with E-state index in [9.17, 15) is 4.79 Å². The number of carbonyl (C=O) groups excluding carboxylic acids is 1. The molecule has 2 heterocycles. The molecule has 2 aromatic carbocycles. The van der Waals surface area contributed by atoms with Gasteiger partial charge in [0, 0.05) is 16.9 Å². The van der Waals surface area contributed by atoms with Gasteiger partial charge in [-0.05, 0) is 43.4 Å². The van der Waals surface area contributed by atoms with Crippen molar-refractivity contribution in [2.45, 2.75) is 38.9 Å². The topological polar surface area (TPSA) is 44.8 Å². The second-order valence-electron chi connectivity index (χ2n) is 9.28. The maximum Gasteiger partial charge on any atom is 0.338 e. The number of ether oxygens (including phenoxy) is 3. The molecule has 0 N–H and O–H groups in total. The number of para-hydroxylation sites is 1. The molecule has 0 radical (unpaired) electrons. The van der Waals surface area contributed by atoms with Crippen molar-refractivity contribution in [1.82, 2.24) is 0 Å². The highest BCUT2D eigenvalue weighted by molar-refractivity contribution is 5.89. The molecule has 4 heteroatoms. The van der Waals surface area contributed by atoms with Crippen molar-refractivity contribution in [3.8, 4) is 5.75 Å². The van der Waals surface area contributed by atoms with Gasteiger partial charge >= 0.3 is 5.97 Å². The Morgan fingerprint density at radius 3 is 2.62 bits per heavy atom. The largest absolute Gasteiger partial charge is 0.487 e. The Kier molecular flexibility index (Phi) is 4.25. The second-order valence-corrected chi connectivity index (χ2v) is 9.28. The highest BCUT2D eigenvalue weighted by atomic mass is 16.5. The molecule has 6 atom stereocenters. The van der Waals surface area contributed by atoms with Crippen LogP contribution in [-0.2, 0) is 9.47 Å². The third-order valence-corrected chi connectivity index (χ3v) is 7.75. The molecule has 1 saturated carbocycles. The van der Waals surface area contributed by atoms with Gasteiger partial charge in [-0.2, -0.15) is 0 Å². The highest BCUT2D eigenvalue weighted by Gasteiger charge is 2.64. The first kappa shape index (κ1) is 18.7. The number of esters is 1. The maximum absolute atomic E-state index is 12.6. The van der Waals surface area contributed by atoms with Crippen LogP contribution >= 0.6 is 0 Å². The average Bonchev–Trinajstić information content (AvgIpc) is 2.72.